The van der Waals surface area contributed by atoms with E-state index in [-0.39, 0.29) is 12.5 Å². The molecule has 0 aromatic heterocycles. The van der Waals surface area contributed by atoms with Gasteiger partial charge in [0.25, 0.3) is 5.91 Å². The Bertz CT molecular complexity index is 742. The predicted octanol–water partition coefficient (Wildman–Crippen LogP) is 2.71. The van der Waals surface area contributed by atoms with Crippen LogP contribution in [0.1, 0.15) is 15.9 Å². The van der Waals surface area contributed by atoms with Gasteiger partial charge in [0, 0.05) is 17.3 Å². The predicted molar refractivity (Wildman–Crippen MR) is 76.7 cm³/mol. The smallest absolute Gasteiger partial charge is 0.255 e. The van der Waals surface area contributed by atoms with Crippen LogP contribution in [-0.4, -0.2) is 12.5 Å². The molecule has 0 spiro atoms. The molecule has 2 aromatic carbocycles. The number of nitrogens with zero attached hydrogens (tertiary/aromatic N) is 2. The average molecular weight is 277 g/mol. The van der Waals surface area contributed by atoms with Crippen LogP contribution in [0, 0.1) is 22.7 Å². The zero-order valence-corrected chi connectivity index (χ0v) is 11.0. The van der Waals surface area contributed by atoms with Gasteiger partial charge in [0.2, 0.25) is 0 Å². The molecule has 2 aromatic rings. The van der Waals surface area contributed by atoms with Crippen molar-refractivity contribution in [3.63, 3.8) is 0 Å². The molecule has 1 N–H and O–H groups in total. The quantitative estimate of drug-likeness (QED) is 0.930. The molecular weight excluding hydrogens is 266 g/mol. The van der Waals surface area contributed by atoms with E-state index in [1.54, 1.807) is 42.5 Å². The van der Waals surface area contributed by atoms with Gasteiger partial charge in [0.1, 0.15) is 11.8 Å². The minimum atomic E-state index is -0.315. The van der Waals surface area contributed by atoms with E-state index in [1.807, 2.05) is 12.1 Å². The van der Waals surface area contributed by atoms with Crippen molar-refractivity contribution in [2.75, 3.05) is 11.9 Å². The summed E-state index contributed by atoms with van der Waals surface area (Å²) in [7, 11) is 0. The molecule has 0 unspecified atom stereocenters. The van der Waals surface area contributed by atoms with Crippen molar-refractivity contribution in [1.29, 1.82) is 10.5 Å². The number of rotatable bonds is 4. The monoisotopic (exact) mass is 277 g/mol. The largest absolute Gasteiger partial charge is 0.479 e. The van der Waals surface area contributed by atoms with E-state index in [0.717, 1.165) is 0 Å². The molecule has 0 radical (unpaired) electrons. The van der Waals surface area contributed by atoms with Crippen LogP contribution >= 0.6 is 0 Å². The van der Waals surface area contributed by atoms with Crippen LogP contribution in [0.3, 0.4) is 0 Å². The first-order valence-electron chi connectivity index (χ1n) is 6.14. The van der Waals surface area contributed by atoms with Gasteiger partial charge >= 0.3 is 0 Å². The number of amides is 1. The third kappa shape index (κ3) is 3.82. The Morgan fingerprint density at radius 1 is 1.14 bits per heavy atom. The molecule has 0 saturated heterocycles. The highest BCUT2D eigenvalue weighted by atomic mass is 16.5. The van der Waals surface area contributed by atoms with E-state index in [2.05, 4.69) is 5.32 Å². The summed E-state index contributed by atoms with van der Waals surface area (Å²) >= 11 is 0. The minimum absolute atomic E-state index is 0.0540. The topological polar surface area (TPSA) is 85.9 Å². The maximum absolute atomic E-state index is 12.1. The van der Waals surface area contributed by atoms with Gasteiger partial charge in [-0.1, -0.05) is 12.1 Å². The fourth-order valence-electron chi connectivity index (χ4n) is 1.71. The number of nitrogens with one attached hydrogen (secondary N) is 1. The van der Waals surface area contributed by atoms with E-state index in [0.29, 0.717) is 22.6 Å². The lowest BCUT2D eigenvalue weighted by molar-refractivity contribution is 0.102. The molecule has 21 heavy (non-hydrogen) atoms. The molecule has 102 valence electrons. The zero-order chi connectivity index (χ0) is 15.1. The van der Waals surface area contributed by atoms with Gasteiger partial charge < -0.3 is 10.1 Å². The summed E-state index contributed by atoms with van der Waals surface area (Å²) < 4.78 is 5.16. The molecule has 0 fully saturated rings. The maximum Gasteiger partial charge on any atom is 0.255 e. The van der Waals surface area contributed by atoms with Crippen LogP contribution in [0.5, 0.6) is 5.75 Å². The second-order valence-corrected chi connectivity index (χ2v) is 4.12. The summed E-state index contributed by atoms with van der Waals surface area (Å²) in [5.41, 5.74) is 1.38. The van der Waals surface area contributed by atoms with Crippen LogP contribution < -0.4 is 10.1 Å². The summed E-state index contributed by atoms with van der Waals surface area (Å²) in [5, 5.41) is 20.0. The fourth-order valence-corrected chi connectivity index (χ4v) is 1.71. The van der Waals surface area contributed by atoms with Crippen molar-refractivity contribution in [1.82, 2.24) is 0 Å². The Hall–Kier alpha value is -3.31. The first-order chi connectivity index (χ1) is 10.2. The summed E-state index contributed by atoms with van der Waals surface area (Å²) in [5.74, 6) is 0.185. The molecule has 1 amide bonds. The fraction of sp³-hybridized carbons (Fsp3) is 0.0625. The van der Waals surface area contributed by atoms with Crippen molar-refractivity contribution >= 4 is 11.6 Å². The second-order valence-electron chi connectivity index (χ2n) is 4.12. The first kappa shape index (κ1) is 14.1. The zero-order valence-electron chi connectivity index (χ0n) is 11.0. The van der Waals surface area contributed by atoms with E-state index in [1.165, 1.54) is 6.07 Å². The van der Waals surface area contributed by atoms with Crippen LogP contribution in [0.15, 0.2) is 48.5 Å². The minimum Gasteiger partial charge on any atom is -0.479 e. The number of benzene rings is 2. The molecule has 0 aliphatic carbocycles. The number of carbonyl (C=O) groups excluding carboxylic acids is 1. The molecular formula is C16H11N3O2. The number of carbonyl (C=O) groups is 1. The summed E-state index contributed by atoms with van der Waals surface area (Å²) in [6, 6.07) is 17.1. The highest BCUT2D eigenvalue weighted by Crippen LogP contribution is 2.18. The molecule has 0 saturated carbocycles. The van der Waals surface area contributed by atoms with Gasteiger partial charge in [-0.3, -0.25) is 4.79 Å². The molecule has 0 heterocycles. The molecule has 0 aliphatic heterocycles. The molecule has 5 nitrogen and oxygen atoms in total. The summed E-state index contributed by atoms with van der Waals surface area (Å²) in [6.07, 6.45) is 0. The molecule has 2 rings (SSSR count). The number of hydrogen-bond donors (Lipinski definition) is 1. The van der Waals surface area contributed by atoms with Gasteiger partial charge in [-0.05, 0) is 30.3 Å². The van der Waals surface area contributed by atoms with E-state index >= 15 is 0 Å². The second kappa shape index (κ2) is 6.74. The van der Waals surface area contributed by atoms with Crippen LogP contribution in [0.25, 0.3) is 0 Å². The lowest BCUT2D eigenvalue weighted by Crippen LogP contribution is -2.12. The maximum atomic E-state index is 12.1. The lowest BCUT2D eigenvalue weighted by atomic mass is 10.1. The van der Waals surface area contributed by atoms with Crippen LogP contribution in [-0.2, 0) is 0 Å². The number of hydrogen-bond acceptors (Lipinski definition) is 4. The Labute approximate surface area is 122 Å². The van der Waals surface area contributed by atoms with Gasteiger partial charge in [0.05, 0.1) is 11.6 Å². The van der Waals surface area contributed by atoms with Crippen molar-refractivity contribution < 1.29 is 9.53 Å². The summed E-state index contributed by atoms with van der Waals surface area (Å²) in [4.78, 5) is 12.1. The first-order valence-corrected chi connectivity index (χ1v) is 6.14. The Kier molecular flexibility index (Phi) is 4.53. The Balaban J connectivity index is 2.12. The van der Waals surface area contributed by atoms with Gasteiger partial charge in [0.15, 0.2) is 6.61 Å². The average Bonchev–Trinajstić information content (AvgIpc) is 2.53. The van der Waals surface area contributed by atoms with E-state index in [4.69, 9.17) is 15.3 Å². The highest BCUT2D eigenvalue weighted by Gasteiger charge is 2.07. The van der Waals surface area contributed by atoms with Gasteiger partial charge in [-0.2, -0.15) is 10.5 Å². The van der Waals surface area contributed by atoms with Crippen molar-refractivity contribution in [2.24, 2.45) is 0 Å². The van der Waals surface area contributed by atoms with Crippen molar-refractivity contribution in [2.45, 2.75) is 0 Å². The normalized spacial score (nSPS) is 9.24. The number of anilines is 1. The van der Waals surface area contributed by atoms with E-state index in [9.17, 15) is 4.79 Å². The van der Waals surface area contributed by atoms with Crippen molar-refractivity contribution in [3.05, 3.63) is 59.7 Å². The molecule has 0 aliphatic rings. The lowest BCUT2D eigenvalue weighted by Gasteiger charge is -2.07. The summed E-state index contributed by atoms with van der Waals surface area (Å²) in [6.45, 7) is -0.0540. The standard InChI is InChI=1S/C16H11N3O2/c17-7-8-21-15-6-2-5-14(10-15)19-16(20)13-4-1-3-12(9-13)11-18/h1-6,9-10H,8H2,(H,19,20). The van der Waals surface area contributed by atoms with Gasteiger partial charge in [-0.25, -0.2) is 0 Å². The molecule has 0 atom stereocenters. The Morgan fingerprint density at radius 3 is 2.71 bits per heavy atom. The van der Waals surface area contributed by atoms with Crippen LogP contribution in [0.2, 0.25) is 0 Å². The highest BCUT2D eigenvalue weighted by molar-refractivity contribution is 6.04. The van der Waals surface area contributed by atoms with Gasteiger partial charge in [-0.15, -0.1) is 0 Å². The third-order valence-corrected chi connectivity index (χ3v) is 2.65. The third-order valence-electron chi connectivity index (χ3n) is 2.65. The Morgan fingerprint density at radius 2 is 1.95 bits per heavy atom. The number of ether oxygens (including phenoxy) is 1. The molecule has 5 heteroatoms. The van der Waals surface area contributed by atoms with Crippen LogP contribution in [0.4, 0.5) is 5.69 Å². The number of nitriles is 2. The van der Waals surface area contributed by atoms with E-state index < -0.39 is 0 Å². The van der Waals surface area contributed by atoms with Crippen molar-refractivity contribution in [3.8, 4) is 17.9 Å². The SMILES string of the molecule is N#CCOc1cccc(NC(=O)c2cccc(C#N)c2)c1. The molecule has 0 bridgehead atoms.